The van der Waals surface area contributed by atoms with E-state index in [0.717, 1.165) is 10.0 Å². The lowest BCUT2D eigenvalue weighted by Crippen LogP contribution is -2.06. The molecule has 1 unspecified atom stereocenters. The number of hydrogen-bond donors (Lipinski definition) is 1. The number of aliphatic hydroxyl groups excluding tert-OH is 1. The highest BCUT2D eigenvalue weighted by molar-refractivity contribution is 9.10. The van der Waals surface area contributed by atoms with Gasteiger partial charge in [-0.1, -0.05) is 28.1 Å². The lowest BCUT2D eigenvalue weighted by atomic mass is 10.1. The molecule has 0 aliphatic heterocycles. The highest BCUT2D eigenvalue weighted by Crippen LogP contribution is 2.20. The maximum Gasteiger partial charge on any atom is 0.305 e. The first-order chi connectivity index (χ1) is 7.63. The molecule has 1 atom stereocenters. The number of carbonyl (C=O) groups is 1. The summed E-state index contributed by atoms with van der Waals surface area (Å²) in [5.74, 6) is -0.265. The molecule has 1 aromatic rings. The SMILES string of the molecule is CCOC(=O)CCC(O)c1ccc(Br)cc1. The standard InChI is InChI=1S/C12H15BrO3/c1-2-16-12(15)8-7-11(14)9-3-5-10(13)6-4-9/h3-6,11,14H,2,7-8H2,1H3. The summed E-state index contributed by atoms with van der Waals surface area (Å²) >= 11 is 3.32. The van der Waals surface area contributed by atoms with Gasteiger partial charge in [-0.05, 0) is 31.0 Å². The van der Waals surface area contributed by atoms with Crippen LogP contribution in [0.5, 0.6) is 0 Å². The van der Waals surface area contributed by atoms with Gasteiger partial charge in [-0.3, -0.25) is 4.79 Å². The van der Waals surface area contributed by atoms with Gasteiger partial charge in [0.1, 0.15) is 0 Å². The van der Waals surface area contributed by atoms with E-state index in [1.54, 1.807) is 6.92 Å². The van der Waals surface area contributed by atoms with Gasteiger partial charge >= 0.3 is 5.97 Å². The van der Waals surface area contributed by atoms with Crippen molar-refractivity contribution in [2.24, 2.45) is 0 Å². The summed E-state index contributed by atoms with van der Waals surface area (Å²) in [6, 6.07) is 7.39. The number of esters is 1. The zero-order valence-electron chi connectivity index (χ0n) is 9.15. The van der Waals surface area contributed by atoms with Crippen LogP contribution in [-0.4, -0.2) is 17.7 Å². The second kappa shape index (κ2) is 6.66. The maximum absolute atomic E-state index is 11.1. The molecule has 16 heavy (non-hydrogen) atoms. The fraction of sp³-hybridized carbons (Fsp3) is 0.417. The van der Waals surface area contributed by atoms with E-state index in [9.17, 15) is 9.90 Å². The fourth-order valence-electron chi connectivity index (χ4n) is 1.34. The first-order valence-corrected chi connectivity index (χ1v) is 6.02. The first-order valence-electron chi connectivity index (χ1n) is 5.22. The van der Waals surface area contributed by atoms with Gasteiger partial charge in [-0.15, -0.1) is 0 Å². The van der Waals surface area contributed by atoms with Crippen LogP contribution in [0.1, 0.15) is 31.4 Å². The monoisotopic (exact) mass is 286 g/mol. The summed E-state index contributed by atoms with van der Waals surface area (Å²) in [7, 11) is 0. The summed E-state index contributed by atoms with van der Waals surface area (Å²) in [4.78, 5) is 11.1. The van der Waals surface area contributed by atoms with Crippen molar-refractivity contribution in [3.8, 4) is 0 Å². The van der Waals surface area contributed by atoms with E-state index >= 15 is 0 Å². The van der Waals surface area contributed by atoms with Crippen molar-refractivity contribution in [2.45, 2.75) is 25.9 Å². The van der Waals surface area contributed by atoms with Crippen molar-refractivity contribution in [3.05, 3.63) is 34.3 Å². The number of ether oxygens (including phenoxy) is 1. The lowest BCUT2D eigenvalue weighted by molar-refractivity contribution is -0.143. The Morgan fingerprint density at radius 1 is 1.44 bits per heavy atom. The normalized spacial score (nSPS) is 12.2. The van der Waals surface area contributed by atoms with E-state index in [2.05, 4.69) is 15.9 Å². The lowest BCUT2D eigenvalue weighted by Gasteiger charge is -2.10. The van der Waals surface area contributed by atoms with Crippen LogP contribution >= 0.6 is 15.9 Å². The Hall–Kier alpha value is -0.870. The predicted molar refractivity (Wildman–Crippen MR) is 65.0 cm³/mol. The van der Waals surface area contributed by atoms with E-state index in [4.69, 9.17) is 4.74 Å². The third-order valence-electron chi connectivity index (χ3n) is 2.18. The molecule has 0 amide bonds. The second-order valence-corrected chi connectivity index (χ2v) is 4.33. The summed E-state index contributed by atoms with van der Waals surface area (Å²) in [5, 5.41) is 9.81. The number of halogens is 1. The summed E-state index contributed by atoms with van der Waals surface area (Å²) in [5.41, 5.74) is 0.812. The van der Waals surface area contributed by atoms with Crippen LogP contribution < -0.4 is 0 Å². The highest BCUT2D eigenvalue weighted by atomic mass is 79.9. The maximum atomic E-state index is 11.1. The van der Waals surface area contributed by atoms with Crippen molar-refractivity contribution in [2.75, 3.05) is 6.61 Å². The van der Waals surface area contributed by atoms with Gasteiger partial charge in [0.15, 0.2) is 0 Å². The molecule has 1 N–H and O–H groups in total. The molecular formula is C12H15BrO3. The van der Waals surface area contributed by atoms with Crippen molar-refractivity contribution in [1.29, 1.82) is 0 Å². The van der Waals surface area contributed by atoms with Gasteiger partial charge in [-0.25, -0.2) is 0 Å². The zero-order chi connectivity index (χ0) is 12.0. The van der Waals surface area contributed by atoms with Crippen LogP contribution in [0.15, 0.2) is 28.7 Å². The Labute approximate surface area is 104 Å². The number of aliphatic hydroxyl groups is 1. The van der Waals surface area contributed by atoms with Gasteiger partial charge in [0.2, 0.25) is 0 Å². The average molecular weight is 287 g/mol. The number of hydrogen-bond acceptors (Lipinski definition) is 3. The number of carbonyl (C=O) groups excluding carboxylic acids is 1. The van der Waals surface area contributed by atoms with Crippen molar-refractivity contribution in [3.63, 3.8) is 0 Å². The van der Waals surface area contributed by atoms with E-state index in [0.29, 0.717) is 13.0 Å². The average Bonchev–Trinajstić information content (AvgIpc) is 2.27. The first kappa shape index (κ1) is 13.2. The van der Waals surface area contributed by atoms with Crippen LogP contribution in [0.4, 0.5) is 0 Å². The molecule has 0 heterocycles. The molecule has 0 aromatic heterocycles. The van der Waals surface area contributed by atoms with Crippen LogP contribution in [0.2, 0.25) is 0 Å². The van der Waals surface area contributed by atoms with Crippen molar-refractivity contribution in [1.82, 2.24) is 0 Å². The Bertz CT molecular complexity index is 335. The molecule has 0 aliphatic rings. The van der Waals surface area contributed by atoms with E-state index < -0.39 is 6.10 Å². The minimum absolute atomic E-state index is 0.241. The molecule has 1 rings (SSSR count). The van der Waals surface area contributed by atoms with Crippen LogP contribution in [-0.2, 0) is 9.53 Å². The second-order valence-electron chi connectivity index (χ2n) is 3.41. The molecule has 3 nitrogen and oxygen atoms in total. The predicted octanol–water partition coefficient (Wildman–Crippen LogP) is 2.83. The van der Waals surface area contributed by atoms with Gasteiger partial charge in [0, 0.05) is 10.9 Å². The molecule has 0 saturated heterocycles. The third kappa shape index (κ3) is 4.33. The molecule has 1 aromatic carbocycles. The minimum Gasteiger partial charge on any atom is -0.466 e. The minimum atomic E-state index is -0.613. The molecule has 88 valence electrons. The van der Waals surface area contributed by atoms with Crippen molar-refractivity contribution >= 4 is 21.9 Å². The molecule has 0 radical (unpaired) electrons. The van der Waals surface area contributed by atoms with Crippen LogP contribution in [0.25, 0.3) is 0 Å². The fourth-order valence-corrected chi connectivity index (χ4v) is 1.60. The summed E-state index contributed by atoms with van der Waals surface area (Å²) < 4.78 is 5.76. The molecule has 0 fully saturated rings. The summed E-state index contributed by atoms with van der Waals surface area (Å²) in [6.45, 7) is 2.15. The van der Waals surface area contributed by atoms with Gasteiger partial charge in [-0.2, -0.15) is 0 Å². The third-order valence-corrected chi connectivity index (χ3v) is 2.71. The Morgan fingerprint density at radius 3 is 2.62 bits per heavy atom. The Morgan fingerprint density at radius 2 is 2.06 bits per heavy atom. The van der Waals surface area contributed by atoms with Crippen LogP contribution in [0, 0.1) is 0 Å². The summed E-state index contributed by atoms with van der Waals surface area (Å²) in [6.07, 6.45) is 0.0171. The molecule has 4 heteroatoms. The quantitative estimate of drug-likeness (QED) is 0.847. The topological polar surface area (TPSA) is 46.5 Å². The van der Waals surface area contributed by atoms with Crippen molar-refractivity contribution < 1.29 is 14.6 Å². The number of benzene rings is 1. The Kier molecular flexibility index (Phi) is 5.49. The molecule has 0 aliphatic carbocycles. The van der Waals surface area contributed by atoms with E-state index in [1.165, 1.54) is 0 Å². The van der Waals surface area contributed by atoms with Gasteiger partial charge < -0.3 is 9.84 Å². The highest BCUT2D eigenvalue weighted by Gasteiger charge is 2.10. The van der Waals surface area contributed by atoms with Crippen LogP contribution in [0.3, 0.4) is 0 Å². The molecule has 0 bridgehead atoms. The van der Waals surface area contributed by atoms with Gasteiger partial charge in [0.05, 0.1) is 12.7 Å². The molecule has 0 saturated carbocycles. The zero-order valence-corrected chi connectivity index (χ0v) is 10.7. The molecular weight excluding hydrogens is 272 g/mol. The Balaban J connectivity index is 2.43. The molecule has 0 spiro atoms. The van der Waals surface area contributed by atoms with E-state index in [1.807, 2.05) is 24.3 Å². The number of rotatable bonds is 5. The van der Waals surface area contributed by atoms with E-state index in [-0.39, 0.29) is 12.4 Å². The van der Waals surface area contributed by atoms with Gasteiger partial charge in [0.25, 0.3) is 0 Å². The largest absolute Gasteiger partial charge is 0.466 e. The smallest absolute Gasteiger partial charge is 0.305 e.